The van der Waals surface area contributed by atoms with Gasteiger partial charge in [-0.1, -0.05) is 5.92 Å². The molecule has 14 heavy (non-hydrogen) atoms. The molecular weight excluding hydrogens is 174 g/mol. The first-order chi connectivity index (χ1) is 6.72. The number of allylic oxidation sites excluding steroid dienone is 1. The van der Waals surface area contributed by atoms with Gasteiger partial charge in [0.15, 0.2) is 5.78 Å². The number of carbonyl (C=O) groups is 1. The molecular formula is C12H11NO. The maximum absolute atomic E-state index is 10.7. The number of hydrogen-bond acceptors (Lipinski definition) is 2. The highest BCUT2D eigenvalue weighted by Gasteiger charge is 1.90. The van der Waals surface area contributed by atoms with Crippen molar-refractivity contribution in [3.63, 3.8) is 0 Å². The Kier molecular flexibility index (Phi) is 3.63. The number of ketones is 1. The van der Waals surface area contributed by atoms with Gasteiger partial charge in [-0.05, 0) is 37.6 Å². The topological polar surface area (TPSA) is 30.0 Å². The van der Waals surface area contributed by atoms with Crippen LogP contribution in [-0.2, 0) is 4.79 Å². The maximum Gasteiger partial charge on any atom is 0.152 e. The zero-order valence-electron chi connectivity index (χ0n) is 8.24. The first-order valence-corrected chi connectivity index (χ1v) is 4.29. The van der Waals surface area contributed by atoms with Gasteiger partial charge >= 0.3 is 0 Å². The van der Waals surface area contributed by atoms with Crippen LogP contribution in [0, 0.1) is 11.8 Å². The van der Waals surface area contributed by atoms with E-state index in [1.165, 1.54) is 13.0 Å². The second-order valence-corrected chi connectivity index (χ2v) is 2.83. The Hall–Kier alpha value is -1.88. The van der Waals surface area contributed by atoms with Crippen LogP contribution in [0.3, 0.4) is 0 Å². The quantitative estimate of drug-likeness (QED) is 0.521. The molecule has 0 bridgehead atoms. The number of aromatic nitrogens is 1. The van der Waals surface area contributed by atoms with E-state index in [2.05, 4.69) is 16.8 Å². The number of nitrogens with zero attached hydrogens (tertiary/aromatic N) is 1. The minimum atomic E-state index is 0.0250. The molecule has 0 aromatic carbocycles. The van der Waals surface area contributed by atoms with Crippen LogP contribution in [0.2, 0.25) is 0 Å². The standard InChI is InChI=1S/C12H11NO/c1-3-4-11-7-12(9-13-8-11)6-5-10(2)14/h5-9H,1-2H3/b6-5+. The molecule has 2 nitrogen and oxygen atoms in total. The van der Waals surface area contributed by atoms with Gasteiger partial charge in [-0.3, -0.25) is 9.78 Å². The Bertz CT molecular complexity index is 421. The highest BCUT2D eigenvalue weighted by atomic mass is 16.1. The van der Waals surface area contributed by atoms with Crippen molar-refractivity contribution in [3.05, 3.63) is 35.7 Å². The van der Waals surface area contributed by atoms with Crippen molar-refractivity contribution in [1.29, 1.82) is 0 Å². The van der Waals surface area contributed by atoms with E-state index in [0.29, 0.717) is 0 Å². The summed E-state index contributed by atoms with van der Waals surface area (Å²) in [5.41, 5.74) is 1.75. The third kappa shape index (κ3) is 3.24. The molecule has 1 aromatic heterocycles. The fourth-order valence-electron chi connectivity index (χ4n) is 0.975. The van der Waals surface area contributed by atoms with Crippen molar-refractivity contribution in [2.45, 2.75) is 13.8 Å². The fraction of sp³-hybridized carbons (Fsp3) is 0.167. The highest BCUT2D eigenvalue weighted by Crippen LogP contribution is 2.03. The number of pyridine rings is 1. The van der Waals surface area contributed by atoms with E-state index < -0.39 is 0 Å². The average molecular weight is 185 g/mol. The normalized spacial score (nSPS) is 9.57. The fourth-order valence-corrected chi connectivity index (χ4v) is 0.975. The van der Waals surface area contributed by atoms with Crippen molar-refractivity contribution >= 4 is 11.9 Å². The lowest BCUT2D eigenvalue weighted by Crippen LogP contribution is -1.83. The molecule has 70 valence electrons. The van der Waals surface area contributed by atoms with Gasteiger partial charge in [0.2, 0.25) is 0 Å². The highest BCUT2D eigenvalue weighted by molar-refractivity contribution is 5.91. The molecule has 0 spiro atoms. The lowest BCUT2D eigenvalue weighted by Gasteiger charge is -1.93. The van der Waals surface area contributed by atoms with Gasteiger partial charge in [0.25, 0.3) is 0 Å². The molecule has 0 fully saturated rings. The zero-order valence-corrected chi connectivity index (χ0v) is 8.24. The number of rotatable bonds is 2. The average Bonchev–Trinajstić information content (AvgIpc) is 2.16. The molecule has 0 radical (unpaired) electrons. The SMILES string of the molecule is CC#Cc1cncc(/C=C/C(C)=O)c1. The van der Waals surface area contributed by atoms with Crippen LogP contribution in [0.5, 0.6) is 0 Å². The molecule has 0 atom stereocenters. The summed E-state index contributed by atoms with van der Waals surface area (Å²) in [7, 11) is 0. The van der Waals surface area contributed by atoms with E-state index in [0.717, 1.165) is 11.1 Å². The molecule has 2 heteroatoms. The van der Waals surface area contributed by atoms with Crippen LogP contribution in [0.1, 0.15) is 25.0 Å². The predicted molar refractivity (Wildman–Crippen MR) is 56.5 cm³/mol. The molecule has 1 aromatic rings. The summed E-state index contributed by atoms with van der Waals surface area (Å²) in [6.45, 7) is 3.29. The van der Waals surface area contributed by atoms with Crippen molar-refractivity contribution in [2.75, 3.05) is 0 Å². The van der Waals surface area contributed by atoms with Crippen LogP contribution in [0.25, 0.3) is 6.08 Å². The van der Waals surface area contributed by atoms with Crippen molar-refractivity contribution in [1.82, 2.24) is 4.98 Å². The minimum absolute atomic E-state index is 0.0250. The van der Waals surface area contributed by atoms with E-state index in [-0.39, 0.29) is 5.78 Å². The third-order valence-corrected chi connectivity index (χ3v) is 1.54. The predicted octanol–water partition coefficient (Wildman–Crippen LogP) is 2.06. The van der Waals surface area contributed by atoms with E-state index in [1.54, 1.807) is 25.4 Å². The summed E-state index contributed by atoms with van der Waals surface area (Å²) in [5.74, 6) is 5.72. The molecule has 0 aliphatic carbocycles. The molecule has 1 rings (SSSR count). The van der Waals surface area contributed by atoms with Crippen LogP contribution in [-0.4, -0.2) is 10.8 Å². The second kappa shape index (κ2) is 4.98. The van der Waals surface area contributed by atoms with Gasteiger partial charge in [-0.25, -0.2) is 0 Å². The van der Waals surface area contributed by atoms with Crippen molar-refractivity contribution < 1.29 is 4.79 Å². The summed E-state index contributed by atoms with van der Waals surface area (Å²) < 4.78 is 0. The van der Waals surface area contributed by atoms with Gasteiger partial charge in [-0.2, -0.15) is 0 Å². The summed E-state index contributed by atoms with van der Waals surface area (Å²) in [6.07, 6.45) is 6.64. The minimum Gasteiger partial charge on any atom is -0.295 e. The van der Waals surface area contributed by atoms with Crippen molar-refractivity contribution in [3.8, 4) is 11.8 Å². The summed E-state index contributed by atoms with van der Waals surface area (Å²) >= 11 is 0. The Morgan fingerprint density at radius 1 is 1.50 bits per heavy atom. The molecule has 0 saturated heterocycles. The Labute approximate surface area is 83.7 Å². The van der Waals surface area contributed by atoms with Crippen LogP contribution in [0.4, 0.5) is 0 Å². The molecule has 0 aliphatic rings. The van der Waals surface area contributed by atoms with E-state index in [4.69, 9.17) is 0 Å². The smallest absolute Gasteiger partial charge is 0.152 e. The van der Waals surface area contributed by atoms with Gasteiger partial charge in [0.1, 0.15) is 0 Å². The van der Waals surface area contributed by atoms with Gasteiger partial charge in [0.05, 0.1) is 0 Å². The molecule has 0 aliphatic heterocycles. The van der Waals surface area contributed by atoms with E-state index in [1.807, 2.05) is 6.07 Å². The van der Waals surface area contributed by atoms with Crippen LogP contribution >= 0.6 is 0 Å². The lowest BCUT2D eigenvalue weighted by molar-refractivity contribution is -0.112. The molecule has 0 amide bonds. The van der Waals surface area contributed by atoms with E-state index in [9.17, 15) is 4.79 Å². The Morgan fingerprint density at radius 3 is 2.93 bits per heavy atom. The van der Waals surface area contributed by atoms with Gasteiger partial charge in [0, 0.05) is 18.0 Å². The Morgan fingerprint density at radius 2 is 2.29 bits per heavy atom. The molecule has 0 unspecified atom stereocenters. The molecule has 1 heterocycles. The molecule has 0 saturated carbocycles. The number of carbonyl (C=O) groups excluding carboxylic acids is 1. The Balaban J connectivity index is 2.92. The largest absolute Gasteiger partial charge is 0.295 e. The van der Waals surface area contributed by atoms with Crippen molar-refractivity contribution in [2.24, 2.45) is 0 Å². The van der Waals surface area contributed by atoms with E-state index >= 15 is 0 Å². The second-order valence-electron chi connectivity index (χ2n) is 2.83. The monoisotopic (exact) mass is 185 g/mol. The maximum atomic E-state index is 10.7. The molecule has 0 N–H and O–H groups in total. The number of hydrogen-bond donors (Lipinski definition) is 0. The van der Waals surface area contributed by atoms with Gasteiger partial charge in [-0.15, -0.1) is 5.92 Å². The van der Waals surface area contributed by atoms with Crippen LogP contribution in [0.15, 0.2) is 24.5 Å². The van der Waals surface area contributed by atoms with Crippen LogP contribution < -0.4 is 0 Å². The lowest BCUT2D eigenvalue weighted by atomic mass is 10.2. The first-order valence-electron chi connectivity index (χ1n) is 4.29. The third-order valence-electron chi connectivity index (χ3n) is 1.54. The van der Waals surface area contributed by atoms with Gasteiger partial charge < -0.3 is 0 Å². The zero-order chi connectivity index (χ0) is 10.4. The first kappa shape index (κ1) is 10.2. The summed E-state index contributed by atoms with van der Waals surface area (Å²) in [6, 6.07) is 1.89. The summed E-state index contributed by atoms with van der Waals surface area (Å²) in [5, 5.41) is 0. The summed E-state index contributed by atoms with van der Waals surface area (Å²) in [4.78, 5) is 14.7.